The van der Waals surface area contributed by atoms with Gasteiger partial charge in [0.1, 0.15) is 0 Å². The summed E-state index contributed by atoms with van der Waals surface area (Å²) in [5.41, 5.74) is 2.79. The van der Waals surface area contributed by atoms with E-state index in [1.807, 2.05) is 0 Å². The Labute approximate surface area is 140 Å². The van der Waals surface area contributed by atoms with E-state index in [2.05, 4.69) is 47.9 Å². The zero-order chi connectivity index (χ0) is 16.2. The molecule has 0 radical (unpaired) electrons. The first-order valence-electron chi connectivity index (χ1n) is 9.21. The van der Waals surface area contributed by atoms with Gasteiger partial charge in [0.2, 0.25) is 5.91 Å². The van der Waals surface area contributed by atoms with Crippen LogP contribution < -0.4 is 0 Å². The molecule has 23 heavy (non-hydrogen) atoms. The molecule has 0 aromatic heterocycles. The maximum absolute atomic E-state index is 12.5. The fraction of sp³-hybridized carbons (Fsp3) is 0.650. The van der Waals surface area contributed by atoms with Gasteiger partial charge < -0.3 is 4.90 Å². The molecule has 2 saturated heterocycles. The van der Waals surface area contributed by atoms with E-state index in [-0.39, 0.29) is 5.92 Å². The zero-order valence-electron chi connectivity index (χ0n) is 14.6. The van der Waals surface area contributed by atoms with Crippen LogP contribution in [0.3, 0.4) is 0 Å². The molecule has 1 unspecified atom stereocenters. The number of rotatable bonds is 5. The Morgan fingerprint density at radius 2 is 1.74 bits per heavy atom. The average Bonchev–Trinajstić information content (AvgIpc) is 3.19. The zero-order valence-corrected chi connectivity index (χ0v) is 14.6. The molecule has 1 atom stereocenters. The van der Waals surface area contributed by atoms with Crippen molar-refractivity contribution in [2.45, 2.75) is 46.1 Å². The van der Waals surface area contributed by atoms with E-state index in [0.29, 0.717) is 11.8 Å². The maximum atomic E-state index is 12.5. The summed E-state index contributed by atoms with van der Waals surface area (Å²) in [5, 5.41) is 0. The summed E-state index contributed by atoms with van der Waals surface area (Å²) < 4.78 is 0. The first-order valence-corrected chi connectivity index (χ1v) is 9.21. The highest BCUT2D eigenvalue weighted by atomic mass is 16.2. The lowest BCUT2D eigenvalue weighted by molar-refractivity contribution is -0.134. The number of carbonyl (C=O) groups excluding carboxylic acids is 1. The quantitative estimate of drug-likeness (QED) is 0.832. The maximum Gasteiger partial charge on any atom is 0.227 e. The lowest BCUT2D eigenvalue weighted by Crippen LogP contribution is -2.35. The van der Waals surface area contributed by atoms with Crippen molar-refractivity contribution in [1.82, 2.24) is 9.80 Å². The standard InChI is InChI=1S/C20H30N2O/c1-16(2)13-17-5-7-18(8-6-17)14-21-12-9-19(15-21)20(23)22-10-3-4-11-22/h5-8,16,19H,3-4,9-15H2,1-2H3. The average molecular weight is 314 g/mol. The summed E-state index contributed by atoms with van der Waals surface area (Å²) in [6.45, 7) is 9.44. The van der Waals surface area contributed by atoms with Crippen LogP contribution >= 0.6 is 0 Å². The third-order valence-electron chi connectivity index (χ3n) is 5.11. The predicted octanol–water partition coefficient (Wildman–Crippen LogP) is 3.33. The van der Waals surface area contributed by atoms with Gasteiger partial charge in [-0.25, -0.2) is 0 Å². The molecule has 0 saturated carbocycles. The SMILES string of the molecule is CC(C)Cc1ccc(CN2CCC(C(=O)N3CCCC3)C2)cc1. The molecule has 2 aliphatic heterocycles. The molecule has 3 nitrogen and oxygen atoms in total. The molecule has 126 valence electrons. The van der Waals surface area contributed by atoms with Crippen molar-refractivity contribution in [1.29, 1.82) is 0 Å². The Morgan fingerprint density at radius 1 is 1.09 bits per heavy atom. The number of nitrogens with zero attached hydrogens (tertiary/aromatic N) is 2. The van der Waals surface area contributed by atoms with E-state index < -0.39 is 0 Å². The van der Waals surface area contributed by atoms with Crippen LogP contribution in [0, 0.1) is 11.8 Å². The largest absolute Gasteiger partial charge is 0.342 e. The first kappa shape index (κ1) is 16.5. The van der Waals surface area contributed by atoms with Crippen LogP contribution in [0.15, 0.2) is 24.3 Å². The molecule has 0 N–H and O–H groups in total. The van der Waals surface area contributed by atoms with Gasteiger partial charge in [0, 0.05) is 26.2 Å². The third kappa shape index (κ3) is 4.35. The summed E-state index contributed by atoms with van der Waals surface area (Å²) >= 11 is 0. The second kappa shape index (κ2) is 7.48. The monoisotopic (exact) mass is 314 g/mol. The van der Waals surface area contributed by atoms with Gasteiger partial charge in [-0.3, -0.25) is 9.69 Å². The van der Waals surface area contributed by atoms with Gasteiger partial charge in [-0.15, -0.1) is 0 Å². The Morgan fingerprint density at radius 3 is 2.39 bits per heavy atom. The fourth-order valence-corrected chi connectivity index (χ4v) is 3.88. The highest BCUT2D eigenvalue weighted by Gasteiger charge is 2.32. The lowest BCUT2D eigenvalue weighted by atomic mass is 10.0. The third-order valence-corrected chi connectivity index (χ3v) is 5.11. The van der Waals surface area contributed by atoms with Gasteiger partial charge in [-0.05, 0) is 49.3 Å². The van der Waals surface area contributed by atoms with E-state index >= 15 is 0 Å². The van der Waals surface area contributed by atoms with Crippen LogP contribution in [-0.2, 0) is 17.8 Å². The van der Waals surface area contributed by atoms with Crippen LogP contribution in [-0.4, -0.2) is 41.9 Å². The van der Waals surface area contributed by atoms with Gasteiger partial charge in [-0.2, -0.15) is 0 Å². The van der Waals surface area contributed by atoms with Crippen molar-refractivity contribution in [3.05, 3.63) is 35.4 Å². The van der Waals surface area contributed by atoms with Crippen LogP contribution in [0.4, 0.5) is 0 Å². The Hall–Kier alpha value is -1.35. The van der Waals surface area contributed by atoms with Gasteiger partial charge in [0.15, 0.2) is 0 Å². The molecule has 1 aromatic carbocycles. The first-order chi connectivity index (χ1) is 11.1. The molecule has 3 rings (SSSR count). The summed E-state index contributed by atoms with van der Waals surface area (Å²) in [6.07, 6.45) is 4.55. The normalized spacial score (nSPS) is 22.2. The van der Waals surface area contributed by atoms with Crippen molar-refractivity contribution in [3.8, 4) is 0 Å². The molecule has 2 aliphatic rings. The van der Waals surface area contributed by atoms with Gasteiger partial charge >= 0.3 is 0 Å². The van der Waals surface area contributed by atoms with Crippen molar-refractivity contribution >= 4 is 5.91 Å². The molecule has 2 fully saturated rings. The molecule has 2 heterocycles. The van der Waals surface area contributed by atoms with Crippen molar-refractivity contribution in [3.63, 3.8) is 0 Å². The van der Waals surface area contributed by atoms with E-state index in [1.54, 1.807) is 0 Å². The summed E-state index contributed by atoms with van der Waals surface area (Å²) in [7, 11) is 0. The van der Waals surface area contributed by atoms with Gasteiger partial charge in [-0.1, -0.05) is 38.1 Å². The number of hydrogen-bond acceptors (Lipinski definition) is 2. The van der Waals surface area contributed by atoms with E-state index in [1.165, 1.54) is 24.0 Å². The van der Waals surface area contributed by atoms with Crippen LogP contribution in [0.25, 0.3) is 0 Å². The lowest BCUT2D eigenvalue weighted by Gasteiger charge is -2.20. The number of benzene rings is 1. The highest BCUT2D eigenvalue weighted by molar-refractivity contribution is 5.79. The molecule has 3 heteroatoms. The topological polar surface area (TPSA) is 23.6 Å². The molecular weight excluding hydrogens is 284 g/mol. The van der Waals surface area contributed by atoms with Crippen molar-refractivity contribution in [2.75, 3.05) is 26.2 Å². The van der Waals surface area contributed by atoms with Gasteiger partial charge in [0.05, 0.1) is 5.92 Å². The van der Waals surface area contributed by atoms with Crippen molar-refractivity contribution in [2.24, 2.45) is 11.8 Å². The van der Waals surface area contributed by atoms with E-state index in [0.717, 1.165) is 45.6 Å². The highest BCUT2D eigenvalue weighted by Crippen LogP contribution is 2.23. The summed E-state index contributed by atoms with van der Waals surface area (Å²) in [5.74, 6) is 1.34. The van der Waals surface area contributed by atoms with Crippen molar-refractivity contribution < 1.29 is 4.79 Å². The minimum Gasteiger partial charge on any atom is -0.342 e. The van der Waals surface area contributed by atoms with Gasteiger partial charge in [0.25, 0.3) is 0 Å². The van der Waals surface area contributed by atoms with Crippen LogP contribution in [0.1, 0.15) is 44.2 Å². The summed E-state index contributed by atoms with van der Waals surface area (Å²) in [6, 6.07) is 9.04. The number of hydrogen-bond donors (Lipinski definition) is 0. The Bertz CT molecular complexity index is 517. The Kier molecular flexibility index (Phi) is 5.37. The molecule has 0 aliphatic carbocycles. The second-order valence-electron chi connectivity index (χ2n) is 7.67. The summed E-state index contributed by atoms with van der Waals surface area (Å²) in [4.78, 5) is 17.0. The molecule has 0 spiro atoms. The molecule has 1 amide bonds. The van der Waals surface area contributed by atoms with Crippen LogP contribution in [0.2, 0.25) is 0 Å². The number of carbonyl (C=O) groups is 1. The van der Waals surface area contributed by atoms with Crippen LogP contribution in [0.5, 0.6) is 0 Å². The van der Waals surface area contributed by atoms with E-state index in [4.69, 9.17) is 0 Å². The molecule has 0 bridgehead atoms. The smallest absolute Gasteiger partial charge is 0.227 e. The molecular formula is C20H30N2O. The number of likely N-dealkylation sites (tertiary alicyclic amines) is 2. The minimum atomic E-state index is 0.230. The number of amides is 1. The Balaban J connectivity index is 1.50. The predicted molar refractivity (Wildman–Crippen MR) is 94.2 cm³/mol. The fourth-order valence-electron chi connectivity index (χ4n) is 3.88. The second-order valence-corrected chi connectivity index (χ2v) is 7.67. The van der Waals surface area contributed by atoms with E-state index in [9.17, 15) is 4.79 Å². The molecule has 1 aromatic rings. The minimum absolute atomic E-state index is 0.230.